The number of hydrogen-bond acceptors (Lipinski definition) is 9. The minimum atomic E-state index is -1.24. The van der Waals surface area contributed by atoms with Crippen LogP contribution in [0.15, 0.2) is 29.3 Å². The molecule has 244 valence electrons. The maximum Gasteiger partial charge on any atom is 0.352 e. The number of carbonyl (C=O) groups is 5. The van der Waals surface area contributed by atoms with Gasteiger partial charge in [0.15, 0.2) is 6.10 Å². The zero-order chi connectivity index (χ0) is 33.1. The number of anilines is 1. The Morgan fingerprint density at radius 1 is 1.15 bits per heavy atom. The van der Waals surface area contributed by atoms with E-state index in [2.05, 4.69) is 20.5 Å². The number of aromatic nitrogens is 1. The first-order valence-corrected chi connectivity index (χ1v) is 16.3. The molecule has 46 heavy (non-hydrogen) atoms. The highest BCUT2D eigenvalue weighted by atomic mass is 32.2. The van der Waals surface area contributed by atoms with Gasteiger partial charge in [-0.05, 0) is 83.0 Å². The Labute approximate surface area is 271 Å². The first-order chi connectivity index (χ1) is 22.0. The van der Waals surface area contributed by atoms with Gasteiger partial charge in [0.1, 0.15) is 11.1 Å². The average Bonchev–Trinajstić information content (AvgIpc) is 3.60. The van der Waals surface area contributed by atoms with Crippen LogP contribution in [0.3, 0.4) is 0 Å². The quantitative estimate of drug-likeness (QED) is 0.208. The Kier molecular flexibility index (Phi) is 10.0. The number of fused-ring (bicyclic) bond motifs is 1. The zero-order valence-corrected chi connectivity index (χ0v) is 27.5. The Morgan fingerprint density at radius 2 is 1.89 bits per heavy atom. The summed E-state index contributed by atoms with van der Waals surface area (Å²) in [7, 11) is 1.62. The third kappa shape index (κ3) is 6.90. The fourth-order valence-corrected chi connectivity index (χ4v) is 6.95. The third-order valence-electron chi connectivity index (χ3n) is 8.21. The van der Waals surface area contributed by atoms with E-state index in [-0.39, 0.29) is 28.8 Å². The Balaban J connectivity index is 1.25. The van der Waals surface area contributed by atoms with E-state index >= 15 is 0 Å². The predicted octanol–water partition coefficient (Wildman–Crippen LogP) is 3.96. The molecule has 1 aromatic heterocycles. The minimum Gasteiger partial charge on any atom is -0.447 e. The van der Waals surface area contributed by atoms with Crippen molar-refractivity contribution in [3.63, 3.8) is 0 Å². The van der Waals surface area contributed by atoms with Crippen molar-refractivity contribution in [2.45, 2.75) is 64.9 Å². The number of esters is 2. The molecule has 0 aliphatic carbocycles. The van der Waals surface area contributed by atoms with Gasteiger partial charge in [-0.3, -0.25) is 19.3 Å². The number of aryl methyl sites for hydroxylation is 1. The van der Waals surface area contributed by atoms with E-state index in [0.29, 0.717) is 50.9 Å². The highest BCUT2D eigenvalue weighted by Crippen LogP contribution is 2.38. The van der Waals surface area contributed by atoms with Crippen molar-refractivity contribution in [3.8, 4) is 5.75 Å². The number of amides is 3. The van der Waals surface area contributed by atoms with Gasteiger partial charge in [-0.15, -0.1) is 0 Å². The molecule has 0 radical (unpaired) electrons. The van der Waals surface area contributed by atoms with Crippen LogP contribution in [0.2, 0.25) is 0 Å². The van der Waals surface area contributed by atoms with Crippen LogP contribution in [0, 0.1) is 13.8 Å². The van der Waals surface area contributed by atoms with Crippen molar-refractivity contribution >= 4 is 58.8 Å². The number of H-pyrrole nitrogens is 1. The van der Waals surface area contributed by atoms with Crippen LogP contribution in [0.5, 0.6) is 5.75 Å². The number of likely N-dealkylation sites (N-methyl/N-ethyl adjacent to an activating group) is 1. The number of benzene rings is 1. The molecule has 3 N–H and O–H groups in total. The van der Waals surface area contributed by atoms with Crippen LogP contribution in [0.4, 0.5) is 5.69 Å². The van der Waals surface area contributed by atoms with E-state index < -0.39 is 18.0 Å². The third-order valence-corrected chi connectivity index (χ3v) is 9.57. The number of thioether (sulfide) groups is 1. The molecule has 2 atom stereocenters. The summed E-state index contributed by atoms with van der Waals surface area (Å²) in [4.78, 5) is 70.7. The zero-order valence-electron chi connectivity index (χ0n) is 26.7. The molecule has 2 fully saturated rings. The lowest BCUT2D eigenvalue weighted by molar-refractivity contribution is -0.157. The molecule has 4 heterocycles. The Bertz CT molecular complexity index is 1640. The average molecular weight is 650 g/mol. The van der Waals surface area contributed by atoms with Gasteiger partial charge < -0.3 is 30.0 Å². The van der Waals surface area contributed by atoms with Crippen molar-refractivity contribution in [2.24, 2.45) is 0 Å². The van der Waals surface area contributed by atoms with E-state index in [1.54, 1.807) is 32.2 Å². The first kappa shape index (κ1) is 33.0. The summed E-state index contributed by atoms with van der Waals surface area (Å²) >= 11 is 1.30. The Hall–Kier alpha value is -4.36. The van der Waals surface area contributed by atoms with Gasteiger partial charge in [0.25, 0.3) is 17.7 Å². The largest absolute Gasteiger partial charge is 0.447 e. The van der Waals surface area contributed by atoms with Crippen molar-refractivity contribution in [3.05, 3.63) is 57.4 Å². The van der Waals surface area contributed by atoms with Gasteiger partial charge in [0.05, 0.1) is 22.2 Å². The molecule has 1 aromatic carbocycles. The molecule has 13 heteroatoms. The van der Waals surface area contributed by atoms with Crippen LogP contribution < -0.4 is 15.4 Å². The topological polar surface area (TPSA) is 150 Å². The molecule has 0 saturated carbocycles. The summed E-state index contributed by atoms with van der Waals surface area (Å²) in [5.74, 6) is -2.02. The van der Waals surface area contributed by atoms with Gasteiger partial charge in [-0.1, -0.05) is 25.1 Å². The molecular weight excluding hydrogens is 610 g/mol. The molecule has 3 aliphatic rings. The summed E-state index contributed by atoms with van der Waals surface area (Å²) in [6.45, 7) is 9.23. The molecule has 12 nitrogen and oxygen atoms in total. The number of nitrogens with zero attached hydrogens (tertiary/aromatic N) is 2. The molecule has 2 unspecified atom stereocenters. The van der Waals surface area contributed by atoms with Gasteiger partial charge in [-0.25, -0.2) is 9.59 Å². The fourth-order valence-electron chi connectivity index (χ4n) is 5.69. The lowest BCUT2D eigenvalue weighted by atomic mass is 10.0. The highest BCUT2D eigenvalue weighted by molar-refractivity contribution is 8.04. The number of nitrogens with one attached hydrogen (secondary N) is 3. The molecule has 3 amide bonds. The maximum atomic E-state index is 12.9. The van der Waals surface area contributed by atoms with E-state index in [9.17, 15) is 24.0 Å². The van der Waals surface area contributed by atoms with Gasteiger partial charge in [0.2, 0.25) is 0 Å². The lowest BCUT2D eigenvalue weighted by Gasteiger charge is -2.29. The van der Waals surface area contributed by atoms with E-state index in [1.807, 2.05) is 13.8 Å². The van der Waals surface area contributed by atoms with Gasteiger partial charge >= 0.3 is 11.9 Å². The summed E-state index contributed by atoms with van der Waals surface area (Å²) in [5, 5.41) is 5.78. The summed E-state index contributed by atoms with van der Waals surface area (Å²) < 4.78 is 10.8. The Morgan fingerprint density at radius 3 is 2.61 bits per heavy atom. The molecule has 0 bridgehead atoms. The number of rotatable bonds is 9. The second-order valence-electron chi connectivity index (χ2n) is 11.6. The van der Waals surface area contributed by atoms with E-state index in [1.165, 1.54) is 35.7 Å². The van der Waals surface area contributed by atoms with Crippen molar-refractivity contribution in [1.29, 1.82) is 0 Å². The lowest BCUT2D eigenvalue weighted by Crippen LogP contribution is -2.42. The molecule has 2 aromatic rings. The van der Waals surface area contributed by atoms with Gasteiger partial charge in [0, 0.05) is 36.2 Å². The van der Waals surface area contributed by atoms with Gasteiger partial charge in [-0.2, -0.15) is 0 Å². The van der Waals surface area contributed by atoms with Crippen LogP contribution in [-0.2, 0) is 23.9 Å². The minimum absolute atomic E-state index is 0.0871. The number of carbonyl (C=O) groups excluding carboxylic acids is 5. The summed E-state index contributed by atoms with van der Waals surface area (Å²) in [6.07, 6.45) is 5.69. The van der Waals surface area contributed by atoms with Crippen LogP contribution >= 0.6 is 11.8 Å². The molecule has 3 aliphatic heterocycles. The highest BCUT2D eigenvalue weighted by Gasteiger charge is 2.39. The van der Waals surface area contributed by atoms with Crippen LogP contribution in [-0.4, -0.2) is 82.6 Å². The number of ether oxygens (including phenoxy) is 2. The standard InChI is InChI=1S/C33H39N5O7S/c1-6-12-34-30(41)28-18(2)25(35-19(28)3)16-23-22-15-21(10-11-24(22)36-29(23)40)45-33(43)20(4)44-27(39)17-26-37(5)31(42)32(46-26)38-13-8-7-9-14-38/h10-11,15-17,20,32,35H,6-9,12-14H2,1-5H3,(H,34,41)(H,36,40)/b23-16-,26-17+. The summed E-state index contributed by atoms with van der Waals surface area (Å²) in [5.41, 5.74) is 3.94. The second kappa shape index (κ2) is 14.0. The number of likely N-dealkylation sites (tertiary alicyclic amines) is 1. The first-order valence-electron chi connectivity index (χ1n) is 15.5. The smallest absolute Gasteiger partial charge is 0.352 e. The molecular formula is C33H39N5O7S. The maximum absolute atomic E-state index is 12.9. The molecule has 5 rings (SSSR count). The number of hydrogen-bond donors (Lipinski definition) is 3. The van der Waals surface area contributed by atoms with Crippen molar-refractivity contribution < 1.29 is 33.4 Å². The van der Waals surface area contributed by atoms with Crippen LogP contribution in [0.25, 0.3) is 11.6 Å². The van der Waals surface area contributed by atoms with Crippen LogP contribution in [0.1, 0.15) is 72.4 Å². The normalized spacial score (nSPS) is 20.5. The monoisotopic (exact) mass is 649 g/mol. The number of piperidine rings is 1. The SMILES string of the molecule is CCCNC(=O)c1c(C)[nH]c(/C=C2\C(=O)Nc3ccc(OC(=O)C(C)OC(=O)/C=C4/SC(N5CCCCC5)C(=O)N4C)cc32)c1C. The number of aromatic amines is 1. The van der Waals surface area contributed by atoms with Crippen molar-refractivity contribution in [2.75, 3.05) is 32.0 Å². The van der Waals surface area contributed by atoms with Crippen molar-refractivity contribution in [1.82, 2.24) is 20.1 Å². The summed E-state index contributed by atoms with van der Waals surface area (Å²) in [6, 6.07) is 4.72. The molecule has 2 saturated heterocycles. The van der Waals surface area contributed by atoms with E-state index in [0.717, 1.165) is 38.8 Å². The van der Waals surface area contributed by atoms with E-state index in [4.69, 9.17) is 9.47 Å². The fraction of sp³-hybridized carbons (Fsp3) is 0.424. The predicted molar refractivity (Wildman–Crippen MR) is 175 cm³/mol. The second-order valence-corrected chi connectivity index (χ2v) is 12.7. The molecule has 0 spiro atoms.